The molecule has 0 amide bonds. The van der Waals surface area contributed by atoms with Crippen molar-refractivity contribution in [1.82, 2.24) is 5.32 Å². The molecule has 3 rings (SSSR count). The van der Waals surface area contributed by atoms with Crippen LogP contribution in [-0.2, 0) is 16.1 Å². The number of ether oxygens (including phenoxy) is 1. The Bertz CT molecular complexity index is 757. The molecule has 3 nitrogen and oxygen atoms in total. The Labute approximate surface area is 137 Å². The van der Waals surface area contributed by atoms with E-state index in [1.54, 1.807) is 0 Å². The lowest BCUT2D eigenvalue weighted by molar-refractivity contribution is -0.136. The summed E-state index contributed by atoms with van der Waals surface area (Å²) in [6.45, 7) is 4.87. The van der Waals surface area contributed by atoms with Gasteiger partial charge in [-0.05, 0) is 47.7 Å². The largest absolute Gasteiger partial charge is 0.466 e. The Morgan fingerprint density at radius 3 is 2.48 bits per heavy atom. The minimum atomic E-state index is -0.290. The Morgan fingerprint density at radius 2 is 1.78 bits per heavy atom. The SMILES string of the molecule is COC(=O)C1=Cc2ccccc2CNC1c1c(C)cccc1C. The molecule has 0 aliphatic carbocycles. The van der Waals surface area contributed by atoms with Gasteiger partial charge in [-0.2, -0.15) is 0 Å². The van der Waals surface area contributed by atoms with Gasteiger partial charge < -0.3 is 10.1 Å². The number of benzene rings is 2. The van der Waals surface area contributed by atoms with Crippen LogP contribution in [0.25, 0.3) is 6.08 Å². The summed E-state index contributed by atoms with van der Waals surface area (Å²) in [5.41, 5.74) is 6.38. The van der Waals surface area contributed by atoms with E-state index in [9.17, 15) is 4.79 Å². The first-order valence-electron chi connectivity index (χ1n) is 7.79. The first-order valence-corrected chi connectivity index (χ1v) is 7.79. The van der Waals surface area contributed by atoms with E-state index in [0.717, 1.165) is 11.1 Å². The van der Waals surface area contributed by atoms with E-state index in [4.69, 9.17) is 4.74 Å². The number of fused-ring (bicyclic) bond motifs is 1. The van der Waals surface area contributed by atoms with E-state index in [2.05, 4.69) is 37.4 Å². The molecular formula is C20H21NO2. The van der Waals surface area contributed by atoms with E-state index in [0.29, 0.717) is 12.1 Å². The number of carbonyl (C=O) groups excluding carboxylic acids is 1. The average molecular weight is 307 g/mol. The van der Waals surface area contributed by atoms with E-state index in [1.807, 2.05) is 30.3 Å². The summed E-state index contributed by atoms with van der Waals surface area (Å²) in [5.74, 6) is -0.290. The number of rotatable bonds is 2. The minimum Gasteiger partial charge on any atom is -0.466 e. The van der Waals surface area contributed by atoms with Crippen molar-refractivity contribution < 1.29 is 9.53 Å². The second-order valence-corrected chi connectivity index (χ2v) is 5.91. The van der Waals surface area contributed by atoms with Gasteiger partial charge in [0.05, 0.1) is 18.7 Å². The lowest BCUT2D eigenvalue weighted by Crippen LogP contribution is -2.26. The van der Waals surface area contributed by atoms with Crippen LogP contribution in [0.3, 0.4) is 0 Å². The Kier molecular flexibility index (Phi) is 4.30. The van der Waals surface area contributed by atoms with Crippen molar-refractivity contribution in [2.45, 2.75) is 26.4 Å². The zero-order valence-corrected chi connectivity index (χ0v) is 13.7. The predicted octanol–water partition coefficient (Wildman–Crippen LogP) is 3.70. The highest BCUT2D eigenvalue weighted by Gasteiger charge is 2.28. The zero-order chi connectivity index (χ0) is 16.4. The van der Waals surface area contributed by atoms with Crippen LogP contribution in [0, 0.1) is 13.8 Å². The lowest BCUT2D eigenvalue weighted by atomic mass is 9.90. The first-order chi connectivity index (χ1) is 11.1. The standard InChI is InChI=1S/C20H21NO2/c1-13-7-6-8-14(2)18(13)19-17(20(22)23-3)11-15-9-4-5-10-16(15)12-21-19/h4-11,19,21H,12H2,1-3H3. The van der Waals surface area contributed by atoms with Crippen molar-refractivity contribution in [2.24, 2.45) is 0 Å². The van der Waals surface area contributed by atoms with E-state index >= 15 is 0 Å². The number of aryl methyl sites for hydroxylation is 2. The van der Waals surface area contributed by atoms with Crippen LogP contribution in [-0.4, -0.2) is 13.1 Å². The predicted molar refractivity (Wildman–Crippen MR) is 91.9 cm³/mol. The molecule has 1 aliphatic heterocycles. The number of carbonyl (C=O) groups is 1. The fourth-order valence-electron chi connectivity index (χ4n) is 3.24. The minimum absolute atomic E-state index is 0.170. The third kappa shape index (κ3) is 2.92. The second kappa shape index (κ2) is 6.39. The summed E-state index contributed by atoms with van der Waals surface area (Å²) >= 11 is 0. The second-order valence-electron chi connectivity index (χ2n) is 5.91. The van der Waals surface area contributed by atoms with Gasteiger partial charge in [-0.15, -0.1) is 0 Å². The van der Waals surface area contributed by atoms with Gasteiger partial charge >= 0.3 is 5.97 Å². The molecule has 118 valence electrons. The van der Waals surface area contributed by atoms with Gasteiger partial charge in [-0.1, -0.05) is 42.5 Å². The number of hydrogen-bond donors (Lipinski definition) is 1. The summed E-state index contributed by atoms with van der Waals surface area (Å²) < 4.78 is 5.04. The average Bonchev–Trinajstić information content (AvgIpc) is 2.74. The van der Waals surface area contributed by atoms with Gasteiger partial charge in [0.25, 0.3) is 0 Å². The highest BCUT2D eigenvalue weighted by Crippen LogP contribution is 2.32. The zero-order valence-electron chi connectivity index (χ0n) is 13.7. The monoisotopic (exact) mass is 307 g/mol. The van der Waals surface area contributed by atoms with E-state index in [1.165, 1.54) is 23.8 Å². The Balaban J connectivity index is 2.16. The molecule has 1 unspecified atom stereocenters. The van der Waals surface area contributed by atoms with Crippen molar-refractivity contribution >= 4 is 12.0 Å². The number of esters is 1. The van der Waals surface area contributed by atoms with Crippen molar-refractivity contribution in [1.29, 1.82) is 0 Å². The third-order valence-electron chi connectivity index (χ3n) is 4.43. The molecule has 0 saturated heterocycles. The summed E-state index contributed by atoms with van der Waals surface area (Å²) in [6, 6.07) is 14.2. The summed E-state index contributed by atoms with van der Waals surface area (Å²) in [4.78, 5) is 12.4. The molecule has 0 spiro atoms. The smallest absolute Gasteiger partial charge is 0.335 e. The third-order valence-corrected chi connectivity index (χ3v) is 4.43. The molecule has 2 aromatic carbocycles. The molecule has 0 bridgehead atoms. The Morgan fingerprint density at radius 1 is 1.09 bits per heavy atom. The summed E-state index contributed by atoms with van der Waals surface area (Å²) in [6.07, 6.45) is 1.96. The normalized spacial score (nSPS) is 17.0. The number of methoxy groups -OCH3 is 1. The summed E-state index contributed by atoms with van der Waals surface area (Å²) in [7, 11) is 1.43. The highest BCUT2D eigenvalue weighted by atomic mass is 16.5. The molecule has 1 heterocycles. The molecule has 23 heavy (non-hydrogen) atoms. The van der Waals surface area contributed by atoms with Gasteiger partial charge in [-0.3, -0.25) is 0 Å². The van der Waals surface area contributed by atoms with Crippen LogP contribution in [0.15, 0.2) is 48.0 Å². The molecule has 0 radical (unpaired) electrons. The molecule has 3 heteroatoms. The van der Waals surface area contributed by atoms with Crippen molar-refractivity contribution in [3.05, 3.63) is 75.9 Å². The van der Waals surface area contributed by atoms with Crippen LogP contribution >= 0.6 is 0 Å². The quantitative estimate of drug-likeness (QED) is 0.860. The molecule has 2 aromatic rings. The maximum absolute atomic E-state index is 12.4. The van der Waals surface area contributed by atoms with Crippen LogP contribution in [0.1, 0.15) is 33.9 Å². The topological polar surface area (TPSA) is 38.3 Å². The molecule has 1 aliphatic rings. The van der Waals surface area contributed by atoms with Gasteiger partial charge in [-0.25, -0.2) is 4.79 Å². The van der Waals surface area contributed by atoms with Crippen LogP contribution in [0.4, 0.5) is 0 Å². The van der Waals surface area contributed by atoms with Crippen LogP contribution < -0.4 is 5.32 Å². The van der Waals surface area contributed by atoms with Crippen molar-refractivity contribution in [3.63, 3.8) is 0 Å². The van der Waals surface area contributed by atoms with Gasteiger partial charge in [0.1, 0.15) is 0 Å². The molecule has 0 fully saturated rings. The first kappa shape index (κ1) is 15.5. The van der Waals surface area contributed by atoms with Gasteiger partial charge in [0.2, 0.25) is 0 Å². The molecule has 1 atom stereocenters. The fourth-order valence-corrected chi connectivity index (χ4v) is 3.24. The maximum atomic E-state index is 12.4. The van der Waals surface area contributed by atoms with Crippen LogP contribution in [0.2, 0.25) is 0 Å². The number of hydrogen-bond acceptors (Lipinski definition) is 3. The lowest BCUT2D eigenvalue weighted by Gasteiger charge is -2.23. The van der Waals surface area contributed by atoms with E-state index in [-0.39, 0.29) is 12.0 Å². The van der Waals surface area contributed by atoms with E-state index < -0.39 is 0 Å². The fraction of sp³-hybridized carbons (Fsp3) is 0.250. The number of nitrogens with one attached hydrogen (secondary N) is 1. The maximum Gasteiger partial charge on any atom is 0.335 e. The van der Waals surface area contributed by atoms with Crippen molar-refractivity contribution in [3.8, 4) is 0 Å². The Hall–Kier alpha value is -2.39. The summed E-state index contributed by atoms with van der Waals surface area (Å²) in [5, 5.41) is 3.53. The van der Waals surface area contributed by atoms with Crippen molar-refractivity contribution in [2.75, 3.05) is 7.11 Å². The molecule has 0 saturated carbocycles. The van der Waals surface area contributed by atoms with Gasteiger partial charge in [0, 0.05) is 6.54 Å². The molecule has 1 N–H and O–H groups in total. The van der Waals surface area contributed by atoms with Crippen LogP contribution in [0.5, 0.6) is 0 Å². The molecular weight excluding hydrogens is 286 g/mol. The van der Waals surface area contributed by atoms with Gasteiger partial charge in [0.15, 0.2) is 0 Å². The molecule has 0 aromatic heterocycles. The highest BCUT2D eigenvalue weighted by molar-refractivity contribution is 5.96.